The van der Waals surface area contributed by atoms with Gasteiger partial charge in [0.25, 0.3) is 0 Å². The largest absolute Gasteiger partial charge is 0.435 e. The van der Waals surface area contributed by atoms with Crippen molar-refractivity contribution in [1.29, 1.82) is 0 Å². The van der Waals surface area contributed by atoms with Gasteiger partial charge < -0.3 is 20.5 Å². The van der Waals surface area contributed by atoms with Crippen molar-refractivity contribution < 1.29 is 18.6 Å². The van der Waals surface area contributed by atoms with E-state index in [9.17, 15) is 13.9 Å². The Kier molecular flexibility index (Phi) is 10.5. The summed E-state index contributed by atoms with van der Waals surface area (Å²) >= 11 is 0. The SMILES string of the molecule is CCNC(=NCC(O)c1ccc(OC(F)F)cc1)NCCCc1nnc2ccccn12.I. The molecule has 1 aromatic carbocycles. The summed E-state index contributed by atoms with van der Waals surface area (Å²) in [5, 5.41) is 25.1. The molecule has 2 aromatic heterocycles. The highest BCUT2D eigenvalue weighted by Crippen LogP contribution is 2.19. The molecule has 3 N–H and O–H groups in total. The topological polar surface area (TPSA) is 96.1 Å². The van der Waals surface area contributed by atoms with Crippen LogP contribution in [0.3, 0.4) is 0 Å². The van der Waals surface area contributed by atoms with Crippen LogP contribution in [0.1, 0.15) is 30.8 Å². The fraction of sp³-hybridized carbons (Fsp3) is 0.381. The van der Waals surface area contributed by atoms with Gasteiger partial charge in [0.1, 0.15) is 11.6 Å². The number of aromatic nitrogens is 3. The Bertz CT molecular complexity index is 984. The zero-order valence-corrected chi connectivity index (χ0v) is 19.9. The van der Waals surface area contributed by atoms with Gasteiger partial charge in [0.05, 0.1) is 12.6 Å². The van der Waals surface area contributed by atoms with Crippen LogP contribution in [-0.4, -0.2) is 51.9 Å². The van der Waals surface area contributed by atoms with Crippen molar-refractivity contribution in [2.24, 2.45) is 4.99 Å². The van der Waals surface area contributed by atoms with Crippen molar-refractivity contribution in [2.75, 3.05) is 19.6 Å². The van der Waals surface area contributed by atoms with E-state index in [2.05, 4.69) is 30.6 Å². The van der Waals surface area contributed by atoms with Gasteiger partial charge in [0.2, 0.25) is 0 Å². The lowest BCUT2D eigenvalue weighted by Gasteiger charge is -2.13. The second-order valence-corrected chi connectivity index (χ2v) is 6.76. The van der Waals surface area contributed by atoms with Crippen molar-refractivity contribution in [3.05, 3.63) is 60.0 Å². The molecule has 174 valence electrons. The number of fused-ring (bicyclic) bond motifs is 1. The Balaban J connectivity index is 0.00000363. The number of aryl methyl sites for hydroxylation is 1. The Morgan fingerprint density at radius 1 is 1.16 bits per heavy atom. The summed E-state index contributed by atoms with van der Waals surface area (Å²) in [6, 6.07) is 11.7. The van der Waals surface area contributed by atoms with E-state index < -0.39 is 12.7 Å². The highest BCUT2D eigenvalue weighted by atomic mass is 127. The number of rotatable bonds is 10. The normalized spacial score (nSPS) is 12.5. The molecule has 1 unspecified atom stereocenters. The van der Waals surface area contributed by atoms with Gasteiger partial charge in [0.15, 0.2) is 11.6 Å². The number of aliphatic imine (C=N–C) groups is 1. The van der Waals surface area contributed by atoms with E-state index >= 15 is 0 Å². The number of aliphatic hydroxyl groups is 1. The van der Waals surface area contributed by atoms with Crippen LogP contribution in [0.2, 0.25) is 0 Å². The fourth-order valence-corrected chi connectivity index (χ4v) is 3.01. The van der Waals surface area contributed by atoms with Crippen molar-refractivity contribution in [3.8, 4) is 5.75 Å². The smallest absolute Gasteiger partial charge is 0.387 e. The van der Waals surface area contributed by atoms with Crippen LogP contribution in [0, 0.1) is 0 Å². The van der Waals surface area contributed by atoms with Gasteiger partial charge in [-0.25, -0.2) is 0 Å². The van der Waals surface area contributed by atoms with Crippen LogP contribution in [-0.2, 0) is 6.42 Å². The van der Waals surface area contributed by atoms with E-state index in [1.165, 1.54) is 12.1 Å². The molecule has 2 heterocycles. The average molecular weight is 560 g/mol. The van der Waals surface area contributed by atoms with Crippen LogP contribution in [0.4, 0.5) is 8.78 Å². The number of alkyl halides is 2. The minimum absolute atomic E-state index is 0. The second kappa shape index (κ2) is 13.1. The van der Waals surface area contributed by atoms with Gasteiger partial charge in [0, 0.05) is 25.7 Å². The van der Waals surface area contributed by atoms with Gasteiger partial charge >= 0.3 is 6.61 Å². The van der Waals surface area contributed by atoms with Crippen molar-refractivity contribution >= 4 is 35.6 Å². The summed E-state index contributed by atoms with van der Waals surface area (Å²) in [4.78, 5) is 4.41. The molecule has 32 heavy (non-hydrogen) atoms. The first-order chi connectivity index (χ1) is 15.1. The second-order valence-electron chi connectivity index (χ2n) is 6.76. The standard InChI is InChI=1S/C21H26F2N6O2.HI/c1-2-24-21(25-12-5-7-19-28-27-18-6-3-4-13-29(18)19)26-14-17(30)15-8-10-16(11-9-15)31-20(22)23;/h3-4,6,8-11,13,17,20,30H,2,5,7,12,14H2,1H3,(H2,24,25,26);1H. The Hall–Kier alpha value is -2.54. The molecule has 0 aliphatic carbocycles. The maximum Gasteiger partial charge on any atom is 0.387 e. The molecule has 0 spiro atoms. The van der Waals surface area contributed by atoms with Crippen LogP contribution in [0.25, 0.3) is 5.65 Å². The van der Waals surface area contributed by atoms with Gasteiger partial charge in [-0.3, -0.25) is 9.39 Å². The van der Waals surface area contributed by atoms with Crippen molar-refractivity contribution in [1.82, 2.24) is 25.2 Å². The highest BCUT2D eigenvalue weighted by Gasteiger charge is 2.10. The Morgan fingerprint density at radius 2 is 1.94 bits per heavy atom. The first-order valence-electron chi connectivity index (χ1n) is 10.1. The molecule has 3 rings (SSSR count). The molecule has 11 heteroatoms. The predicted octanol–water partition coefficient (Wildman–Crippen LogP) is 3.17. The molecular weight excluding hydrogens is 533 g/mol. The number of halogens is 3. The molecule has 0 saturated carbocycles. The first kappa shape index (κ1) is 25.7. The number of nitrogens with zero attached hydrogens (tertiary/aromatic N) is 4. The number of ether oxygens (including phenoxy) is 1. The molecule has 0 fully saturated rings. The number of hydrogen-bond donors (Lipinski definition) is 3. The minimum atomic E-state index is -2.88. The molecule has 0 aliphatic heterocycles. The third-order valence-corrected chi connectivity index (χ3v) is 4.51. The van der Waals surface area contributed by atoms with Gasteiger partial charge in [-0.05, 0) is 43.2 Å². The molecular formula is C21H27F2IN6O2. The lowest BCUT2D eigenvalue weighted by molar-refractivity contribution is -0.0498. The van der Waals surface area contributed by atoms with Crippen molar-refractivity contribution in [3.63, 3.8) is 0 Å². The Labute approximate surface area is 202 Å². The molecule has 3 aromatic rings. The molecule has 0 aliphatic rings. The number of nitrogens with one attached hydrogen (secondary N) is 2. The van der Waals surface area contributed by atoms with E-state index in [1.54, 1.807) is 12.1 Å². The van der Waals surface area contributed by atoms with E-state index in [4.69, 9.17) is 0 Å². The van der Waals surface area contributed by atoms with E-state index in [0.717, 1.165) is 24.3 Å². The summed E-state index contributed by atoms with van der Waals surface area (Å²) in [5.74, 6) is 1.53. The first-order valence-corrected chi connectivity index (χ1v) is 10.1. The van der Waals surface area contributed by atoms with E-state index in [-0.39, 0.29) is 36.3 Å². The Morgan fingerprint density at radius 3 is 2.66 bits per heavy atom. The number of aliphatic hydroxyl groups excluding tert-OH is 1. The van der Waals surface area contributed by atoms with Crippen LogP contribution in [0.15, 0.2) is 53.7 Å². The van der Waals surface area contributed by atoms with Gasteiger partial charge in [-0.15, -0.1) is 34.2 Å². The monoisotopic (exact) mass is 560 g/mol. The quantitative estimate of drug-likeness (QED) is 0.153. The lowest BCUT2D eigenvalue weighted by atomic mass is 10.1. The van der Waals surface area contributed by atoms with Crippen LogP contribution >= 0.6 is 24.0 Å². The third kappa shape index (κ3) is 7.55. The average Bonchev–Trinajstić information content (AvgIpc) is 3.18. The molecule has 0 radical (unpaired) electrons. The molecule has 8 nitrogen and oxygen atoms in total. The summed E-state index contributed by atoms with van der Waals surface area (Å²) in [7, 11) is 0. The van der Waals surface area contributed by atoms with E-state index in [1.807, 2.05) is 35.7 Å². The lowest BCUT2D eigenvalue weighted by Crippen LogP contribution is -2.38. The number of benzene rings is 1. The number of guanidine groups is 1. The molecule has 0 saturated heterocycles. The highest BCUT2D eigenvalue weighted by molar-refractivity contribution is 14.0. The summed E-state index contributed by atoms with van der Waals surface area (Å²) < 4.78 is 30.7. The molecule has 0 bridgehead atoms. The zero-order chi connectivity index (χ0) is 22.1. The number of pyridine rings is 1. The summed E-state index contributed by atoms with van der Waals surface area (Å²) in [6.45, 7) is 0.550. The number of hydrogen-bond acceptors (Lipinski definition) is 5. The maximum absolute atomic E-state index is 12.2. The molecule has 1 atom stereocenters. The van der Waals surface area contributed by atoms with E-state index in [0.29, 0.717) is 24.6 Å². The minimum Gasteiger partial charge on any atom is -0.435 e. The van der Waals surface area contributed by atoms with Gasteiger partial charge in [-0.2, -0.15) is 8.78 Å². The molecule has 0 amide bonds. The maximum atomic E-state index is 12.2. The third-order valence-electron chi connectivity index (χ3n) is 4.51. The van der Waals surface area contributed by atoms with Crippen LogP contribution < -0.4 is 15.4 Å². The zero-order valence-electron chi connectivity index (χ0n) is 17.6. The predicted molar refractivity (Wildman–Crippen MR) is 129 cm³/mol. The summed E-state index contributed by atoms with van der Waals surface area (Å²) in [6.07, 6.45) is 2.66. The fourth-order valence-electron chi connectivity index (χ4n) is 3.01. The van der Waals surface area contributed by atoms with Crippen LogP contribution in [0.5, 0.6) is 5.75 Å². The van der Waals surface area contributed by atoms with Crippen molar-refractivity contribution in [2.45, 2.75) is 32.5 Å². The summed E-state index contributed by atoms with van der Waals surface area (Å²) in [5.41, 5.74) is 1.39. The van der Waals surface area contributed by atoms with Gasteiger partial charge in [-0.1, -0.05) is 18.2 Å².